The molecule has 1 fully saturated rings. The number of hydrogen-bond acceptors (Lipinski definition) is 2. The van der Waals surface area contributed by atoms with Crippen LogP contribution in [-0.4, -0.2) is 41.9 Å². The lowest BCUT2D eigenvalue weighted by atomic mass is 10.1. The number of carbonyl (C=O) groups is 1. The molecule has 0 N–H and O–H groups in total. The Kier molecular flexibility index (Phi) is 6.02. The van der Waals surface area contributed by atoms with E-state index in [1.165, 1.54) is 5.56 Å². The highest BCUT2D eigenvalue weighted by Gasteiger charge is 2.22. The second kappa shape index (κ2) is 8.63. The van der Waals surface area contributed by atoms with E-state index in [0.717, 1.165) is 50.3 Å². The molecule has 130 valence electrons. The van der Waals surface area contributed by atoms with Gasteiger partial charge in [0.25, 0.3) is 0 Å². The van der Waals surface area contributed by atoms with Gasteiger partial charge in [-0.25, -0.2) is 0 Å². The Bertz CT molecular complexity index is 701. The first-order valence-electron chi connectivity index (χ1n) is 9.07. The van der Waals surface area contributed by atoms with Gasteiger partial charge in [-0.05, 0) is 23.6 Å². The summed E-state index contributed by atoms with van der Waals surface area (Å²) in [5, 5.41) is 0. The molecule has 1 amide bonds. The van der Waals surface area contributed by atoms with E-state index in [9.17, 15) is 4.79 Å². The summed E-state index contributed by atoms with van der Waals surface area (Å²) in [5.74, 6) is 0.186. The molecule has 0 radical (unpaired) electrons. The number of rotatable bonds is 5. The molecule has 0 spiro atoms. The van der Waals surface area contributed by atoms with E-state index in [0.29, 0.717) is 0 Å². The van der Waals surface area contributed by atoms with E-state index < -0.39 is 0 Å². The quantitative estimate of drug-likeness (QED) is 0.776. The molecule has 3 rings (SSSR count). The van der Waals surface area contributed by atoms with Crippen LogP contribution in [0.15, 0.2) is 66.2 Å². The largest absolute Gasteiger partial charge is 0.336 e. The fourth-order valence-electron chi connectivity index (χ4n) is 3.22. The Morgan fingerprint density at radius 1 is 0.920 bits per heavy atom. The molecule has 0 bridgehead atoms. The topological polar surface area (TPSA) is 23.6 Å². The summed E-state index contributed by atoms with van der Waals surface area (Å²) in [6.45, 7) is 6.49. The van der Waals surface area contributed by atoms with Crippen LogP contribution < -0.4 is 0 Å². The maximum absolute atomic E-state index is 12.8. The first kappa shape index (κ1) is 17.4. The number of hydrogen-bond donors (Lipinski definition) is 0. The molecule has 1 aliphatic heterocycles. The van der Waals surface area contributed by atoms with Gasteiger partial charge in [-0.1, -0.05) is 67.6 Å². The van der Waals surface area contributed by atoms with E-state index in [1.54, 1.807) is 0 Å². The summed E-state index contributed by atoms with van der Waals surface area (Å²) >= 11 is 0. The molecule has 0 atom stereocenters. The summed E-state index contributed by atoms with van der Waals surface area (Å²) in [4.78, 5) is 17.3. The van der Waals surface area contributed by atoms with Crippen LogP contribution >= 0.6 is 0 Å². The Morgan fingerprint density at radius 2 is 1.52 bits per heavy atom. The predicted molar refractivity (Wildman–Crippen MR) is 103 cm³/mol. The average molecular weight is 334 g/mol. The smallest absolute Gasteiger partial charge is 0.249 e. The summed E-state index contributed by atoms with van der Waals surface area (Å²) < 4.78 is 0. The normalized spacial score (nSPS) is 16.0. The number of nitrogens with zero attached hydrogens (tertiary/aromatic N) is 2. The molecule has 25 heavy (non-hydrogen) atoms. The summed E-state index contributed by atoms with van der Waals surface area (Å²) in [6, 6.07) is 20.6. The van der Waals surface area contributed by atoms with Crippen molar-refractivity contribution in [3.05, 3.63) is 77.4 Å². The predicted octanol–water partition coefficient (Wildman–Crippen LogP) is 3.82. The minimum absolute atomic E-state index is 0.186. The Balaban J connectivity index is 1.58. The third-order valence-electron chi connectivity index (χ3n) is 4.70. The van der Waals surface area contributed by atoms with Crippen LogP contribution in [0.2, 0.25) is 0 Å². The van der Waals surface area contributed by atoms with Crippen molar-refractivity contribution in [3.63, 3.8) is 0 Å². The first-order chi connectivity index (χ1) is 12.3. The van der Waals surface area contributed by atoms with Crippen molar-refractivity contribution in [1.82, 2.24) is 9.80 Å². The third kappa shape index (κ3) is 4.80. The second-order valence-electron chi connectivity index (χ2n) is 6.49. The fraction of sp³-hybridized carbons (Fsp3) is 0.318. The highest BCUT2D eigenvalue weighted by atomic mass is 16.2. The number of benzene rings is 2. The van der Waals surface area contributed by atoms with Crippen LogP contribution in [0.1, 0.15) is 24.5 Å². The van der Waals surface area contributed by atoms with Crippen LogP contribution in [-0.2, 0) is 11.3 Å². The van der Waals surface area contributed by atoms with Gasteiger partial charge in [0.05, 0.1) is 0 Å². The number of piperazine rings is 1. The van der Waals surface area contributed by atoms with Crippen molar-refractivity contribution < 1.29 is 4.79 Å². The molecule has 0 aromatic heterocycles. The lowest BCUT2D eigenvalue weighted by Gasteiger charge is -2.35. The molecule has 1 heterocycles. The number of carbonyl (C=O) groups excluding carboxylic acids is 1. The highest BCUT2D eigenvalue weighted by Crippen LogP contribution is 2.15. The Labute approximate surface area is 150 Å². The monoisotopic (exact) mass is 334 g/mol. The number of amides is 1. The Hall–Kier alpha value is -2.39. The summed E-state index contributed by atoms with van der Waals surface area (Å²) in [6.07, 6.45) is 2.79. The van der Waals surface area contributed by atoms with Crippen LogP contribution in [0.4, 0.5) is 0 Å². The van der Waals surface area contributed by atoms with Crippen LogP contribution in [0.3, 0.4) is 0 Å². The lowest BCUT2D eigenvalue weighted by Crippen LogP contribution is -2.48. The van der Waals surface area contributed by atoms with Crippen molar-refractivity contribution in [2.45, 2.75) is 19.9 Å². The molecule has 2 aromatic carbocycles. The van der Waals surface area contributed by atoms with Crippen LogP contribution in [0.25, 0.3) is 6.08 Å². The maximum atomic E-state index is 12.8. The van der Waals surface area contributed by atoms with E-state index >= 15 is 0 Å². The third-order valence-corrected chi connectivity index (χ3v) is 4.70. The van der Waals surface area contributed by atoms with Gasteiger partial charge in [-0.15, -0.1) is 0 Å². The van der Waals surface area contributed by atoms with Crippen molar-refractivity contribution in [2.75, 3.05) is 26.2 Å². The van der Waals surface area contributed by atoms with Crippen LogP contribution in [0, 0.1) is 0 Å². The maximum Gasteiger partial charge on any atom is 0.249 e. The summed E-state index contributed by atoms with van der Waals surface area (Å²) in [7, 11) is 0. The summed E-state index contributed by atoms with van der Waals surface area (Å²) in [5.41, 5.74) is 3.32. The standard InChI is InChI=1S/C22H26N2O/c1-2-21(17-19-9-5-3-6-10-19)22(25)24-15-13-23(14-16-24)18-20-11-7-4-8-12-20/h3-12,17H,2,13-16,18H2,1H3. The van der Waals surface area contributed by atoms with Gasteiger partial charge < -0.3 is 4.90 Å². The minimum atomic E-state index is 0.186. The van der Waals surface area contributed by atoms with E-state index in [4.69, 9.17) is 0 Å². The fourth-order valence-corrected chi connectivity index (χ4v) is 3.22. The molecule has 3 nitrogen and oxygen atoms in total. The van der Waals surface area contributed by atoms with Gasteiger partial charge in [0, 0.05) is 38.3 Å². The lowest BCUT2D eigenvalue weighted by molar-refractivity contribution is -0.128. The van der Waals surface area contributed by atoms with E-state index in [-0.39, 0.29) is 5.91 Å². The van der Waals surface area contributed by atoms with Crippen molar-refractivity contribution in [1.29, 1.82) is 0 Å². The molecule has 0 saturated carbocycles. The molecule has 0 unspecified atom stereocenters. The first-order valence-corrected chi connectivity index (χ1v) is 9.07. The zero-order chi connectivity index (χ0) is 17.5. The molecule has 2 aromatic rings. The molecular formula is C22H26N2O. The van der Waals surface area contributed by atoms with Crippen molar-refractivity contribution in [3.8, 4) is 0 Å². The molecular weight excluding hydrogens is 308 g/mol. The van der Waals surface area contributed by atoms with Gasteiger partial charge in [-0.2, -0.15) is 0 Å². The van der Waals surface area contributed by atoms with Gasteiger partial charge >= 0.3 is 0 Å². The SMILES string of the molecule is CCC(=Cc1ccccc1)C(=O)N1CCN(Cc2ccccc2)CC1. The molecule has 1 saturated heterocycles. The van der Waals surface area contributed by atoms with E-state index in [2.05, 4.69) is 36.1 Å². The average Bonchev–Trinajstić information content (AvgIpc) is 2.68. The van der Waals surface area contributed by atoms with Gasteiger partial charge in [0.15, 0.2) is 0 Å². The van der Waals surface area contributed by atoms with Gasteiger partial charge in [-0.3, -0.25) is 9.69 Å². The van der Waals surface area contributed by atoms with E-state index in [1.807, 2.05) is 47.4 Å². The highest BCUT2D eigenvalue weighted by molar-refractivity contribution is 5.97. The van der Waals surface area contributed by atoms with Crippen molar-refractivity contribution >= 4 is 12.0 Å². The minimum Gasteiger partial charge on any atom is -0.336 e. The zero-order valence-corrected chi connectivity index (χ0v) is 14.9. The zero-order valence-electron chi connectivity index (χ0n) is 14.9. The van der Waals surface area contributed by atoms with Gasteiger partial charge in [0.2, 0.25) is 5.91 Å². The molecule has 0 aliphatic carbocycles. The Morgan fingerprint density at radius 3 is 2.12 bits per heavy atom. The van der Waals surface area contributed by atoms with Crippen LogP contribution in [0.5, 0.6) is 0 Å². The second-order valence-corrected chi connectivity index (χ2v) is 6.49. The van der Waals surface area contributed by atoms with Crippen molar-refractivity contribution in [2.24, 2.45) is 0 Å². The molecule has 1 aliphatic rings. The molecule has 3 heteroatoms. The van der Waals surface area contributed by atoms with Gasteiger partial charge in [0.1, 0.15) is 0 Å².